The van der Waals surface area contributed by atoms with Gasteiger partial charge in [0.2, 0.25) is 5.91 Å². The smallest absolute Gasteiger partial charge is 0.324 e. The maximum Gasteiger partial charge on any atom is 0.324 e. The molecule has 2 aliphatic rings. The van der Waals surface area contributed by atoms with Crippen LogP contribution in [0.4, 0.5) is 13.6 Å². The molecule has 5 atom stereocenters. The zero-order valence-electron chi connectivity index (χ0n) is 24.4. The first-order chi connectivity index (χ1) is 18.6. The molecule has 2 fully saturated rings. The second-order valence-electron chi connectivity index (χ2n) is 11.3. The van der Waals surface area contributed by atoms with Gasteiger partial charge in [-0.25, -0.2) is 9.00 Å². The second-order valence-corrected chi connectivity index (χ2v) is 16.4. The molecule has 5 unspecified atom stereocenters. The van der Waals surface area contributed by atoms with E-state index >= 15 is 0 Å². The van der Waals surface area contributed by atoms with E-state index in [0.717, 1.165) is 49.8 Å². The van der Waals surface area contributed by atoms with Gasteiger partial charge in [0, 0.05) is 24.6 Å². The molecule has 2 rings (SSSR count). The van der Waals surface area contributed by atoms with Crippen molar-refractivity contribution in [2.75, 3.05) is 13.2 Å². The molecule has 228 valence electrons. The number of carbonyl (C=O) groups excluding carboxylic acids is 4. The maximum absolute atomic E-state index is 13.7. The van der Waals surface area contributed by atoms with Crippen LogP contribution in [-0.2, 0) is 23.7 Å². The number of urea groups is 1. The number of unbranched alkanes of at least 4 members (excludes halogenated alkanes) is 4. The summed E-state index contributed by atoms with van der Waals surface area (Å²) in [7, 11) is -2.14. The third-order valence-electron chi connectivity index (χ3n) is 7.59. The standard InChI is InChI=1S/C27H45F2N4O5PS/c1-7-8-9-10-11-12-13-19(3)26(4,23(35)32-40(38,39-6)20-14-15-20)31-22(34)21-16-18(2)17-33(21)25(37)30-24(36)27(5,28)29/h12-13,18-21H,7-11,14-17H2,1-6H3,(H,31,34)(H,30,36,37)(H,32,35,38)/b13-12-. The molecule has 13 heteroatoms. The molecule has 9 nitrogen and oxygen atoms in total. The number of alkyl halides is 2. The van der Waals surface area contributed by atoms with Crippen molar-refractivity contribution in [2.24, 2.45) is 11.8 Å². The molecule has 1 heterocycles. The van der Waals surface area contributed by atoms with E-state index in [4.69, 9.17) is 0 Å². The van der Waals surface area contributed by atoms with Crippen molar-refractivity contribution in [2.45, 2.75) is 109 Å². The molecule has 1 aliphatic heterocycles. The Kier molecular flexibility index (Phi) is 12.1. The average Bonchev–Trinajstić information content (AvgIpc) is 3.66. The van der Waals surface area contributed by atoms with Crippen molar-refractivity contribution in [1.29, 1.82) is 0 Å². The molecule has 0 radical (unpaired) electrons. The van der Waals surface area contributed by atoms with Gasteiger partial charge in [-0.3, -0.25) is 24.4 Å². The highest BCUT2D eigenvalue weighted by molar-refractivity contribution is 8.24. The van der Waals surface area contributed by atoms with E-state index in [1.807, 2.05) is 12.2 Å². The number of rotatable bonds is 13. The van der Waals surface area contributed by atoms with Gasteiger partial charge >= 0.3 is 12.0 Å². The quantitative estimate of drug-likeness (QED) is 0.161. The number of amides is 5. The Morgan fingerprint density at radius 3 is 2.33 bits per heavy atom. The summed E-state index contributed by atoms with van der Waals surface area (Å²) >= 11 is 0. The summed E-state index contributed by atoms with van der Waals surface area (Å²) in [4.78, 5) is 52.8. The van der Waals surface area contributed by atoms with Crippen molar-refractivity contribution in [3.8, 4) is 0 Å². The monoisotopic (exact) mass is 606 g/mol. The number of carbonyl (C=O) groups is 4. The van der Waals surface area contributed by atoms with E-state index in [-0.39, 0.29) is 24.1 Å². The first kappa shape index (κ1) is 34.1. The first-order valence-corrected chi connectivity index (χ1v) is 17.6. The van der Waals surface area contributed by atoms with Gasteiger partial charge in [0.25, 0.3) is 11.8 Å². The van der Waals surface area contributed by atoms with Gasteiger partial charge in [-0.2, -0.15) is 8.78 Å². The topological polar surface area (TPSA) is 125 Å². The lowest BCUT2D eigenvalue weighted by Gasteiger charge is -2.36. The summed E-state index contributed by atoms with van der Waals surface area (Å²) in [5, 5.41) is 4.38. The maximum atomic E-state index is 13.7. The molecule has 1 aliphatic carbocycles. The highest BCUT2D eigenvalue weighted by Gasteiger charge is 2.47. The third-order valence-corrected chi connectivity index (χ3v) is 12.8. The number of hydrogen-bond acceptors (Lipinski definition) is 5. The van der Waals surface area contributed by atoms with Crippen molar-refractivity contribution in [3.63, 3.8) is 0 Å². The zero-order chi connectivity index (χ0) is 30.3. The van der Waals surface area contributed by atoms with Crippen molar-refractivity contribution < 1.29 is 32.2 Å². The number of imide groups is 1. The summed E-state index contributed by atoms with van der Waals surface area (Å²) in [5.41, 5.74) is -1.51. The number of likely N-dealkylation sites (tertiary alicyclic amines) is 1. The first-order valence-electron chi connectivity index (χ1n) is 14.0. The highest BCUT2D eigenvalue weighted by Crippen LogP contribution is 2.33. The molecule has 3 N–H and O–H groups in total. The van der Waals surface area contributed by atoms with Crippen LogP contribution in [0.2, 0.25) is 0 Å². The summed E-state index contributed by atoms with van der Waals surface area (Å²) in [5.74, 6) is -7.40. The Morgan fingerprint density at radius 2 is 1.77 bits per heavy atom. The molecule has 1 saturated carbocycles. The molecule has 0 spiro atoms. The molecule has 40 heavy (non-hydrogen) atoms. The number of halogens is 2. The second kappa shape index (κ2) is 14.2. The number of nitrogens with one attached hydrogen (secondary N) is 3. The van der Waals surface area contributed by atoms with Crippen LogP contribution in [0.5, 0.6) is 0 Å². The van der Waals surface area contributed by atoms with Crippen LogP contribution in [0.25, 0.3) is 0 Å². The van der Waals surface area contributed by atoms with E-state index in [1.54, 1.807) is 32.8 Å². The van der Waals surface area contributed by atoms with Crippen LogP contribution >= 0.6 is 7.36 Å². The molecule has 0 aromatic heterocycles. The molecule has 5 amide bonds. The Bertz CT molecular complexity index is 1100. The fraction of sp³-hybridized carbons (Fsp3) is 0.778. The van der Waals surface area contributed by atoms with Crippen LogP contribution < -0.4 is 15.4 Å². The van der Waals surface area contributed by atoms with Gasteiger partial charge in [-0.15, -0.1) is 0 Å². The van der Waals surface area contributed by atoms with Crippen molar-refractivity contribution >= 4 is 40.4 Å². The van der Waals surface area contributed by atoms with Gasteiger partial charge in [0.1, 0.15) is 11.6 Å². The number of allylic oxidation sites excluding steroid dienone is 1. The summed E-state index contributed by atoms with van der Waals surface area (Å²) in [6.07, 6.45) is 10.7. The molecule has 0 aromatic rings. The predicted octanol–water partition coefficient (Wildman–Crippen LogP) is 4.59. The minimum atomic E-state index is -3.76. The van der Waals surface area contributed by atoms with E-state index in [0.29, 0.717) is 14.3 Å². The third kappa shape index (κ3) is 8.96. The predicted molar refractivity (Wildman–Crippen MR) is 154 cm³/mol. The van der Waals surface area contributed by atoms with E-state index in [2.05, 4.69) is 17.0 Å². The van der Waals surface area contributed by atoms with Gasteiger partial charge in [-0.1, -0.05) is 52.2 Å². The van der Waals surface area contributed by atoms with Crippen LogP contribution in [0.1, 0.15) is 86.0 Å². The lowest BCUT2D eigenvalue weighted by atomic mass is 9.85. The van der Waals surface area contributed by atoms with Gasteiger partial charge in [0.15, 0.2) is 0 Å². The van der Waals surface area contributed by atoms with Gasteiger partial charge in [-0.05, 0) is 59.0 Å². The van der Waals surface area contributed by atoms with Crippen LogP contribution in [0.3, 0.4) is 0 Å². The van der Waals surface area contributed by atoms with Crippen molar-refractivity contribution in [3.05, 3.63) is 12.2 Å². The summed E-state index contributed by atoms with van der Waals surface area (Å²) in [6.45, 7) is 9.47. The lowest BCUT2D eigenvalue weighted by Crippen LogP contribution is -2.64. The minimum Gasteiger partial charge on any atom is -0.340 e. The zero-order valence-corrected chi connectivity index (χ0v) is 26.1. The average molecular weight is 607 g/mol. The van der Waals surface area contributed by atoms with E-state index in [9.17, 15) is 32.2 Å². The van der Waals surface area contributed by atoms with E-state index < -0.39 is 56.5 Å². The summed E-state index contributed by atoms with van der Waals surface area (Å²) < 4.78 is 42.9. The Labute approximate surface area is 238 Å². The van der Waals surface area contributed by atoms with Crippen LogP contribution in [0, 0.1) is 11.8 Å². The van der Waals surface area contributed by atoms with Crippen LogP contribution in [0.15, 0.2) is 12.2 Å². The lowest BCUT2D eigenvalue weighted by molar-refractivity contribution is -0.142. The fourth-order valence-electron chi connectivity index (χ4n) is 4.60. The molecular weight excluding hydrogens is 561 g/mol. The van der Waals surface area contributed by atoms with Crippen LogP contribution in [-0.4, -0.2) is 68.8 Å². The Morgan fingerprint density at radius 1 is 1.12 bits per heavy atom. The van der Waals surface area contributed by atoms with E-state index in [1.165, 1.54) is 0 Å². The molecule has 0 bridgehead atoms. The van der Waals surface area contributed by atoms with Gasteiger partial charge in [0.05, 0.1) is 9.30 Å². The molecule has 0 aromatic carbocycles. The summed E-state index contributed by atoms with van der Waals surface area (Å²) in [6, 6.07) is -2.17. The normalized spacial score (nSPS) is 23.4. The number of hydrogen-bond donors (Lipinski definition) is 3. The highest BCUT2D eigenvalue weighted by atomic mass is 32.5. The molecule has 1 saturated heterocycles. The SMILES string of the molecule is CCCCCC/C=C\C(C)C(C)(NC(=O)C1CC(C)CN1C(=O)NC(=O)C(C)(F)F)C(=O)NS(=O)(=PC)C1CC1. The Hall–Kier alpha value is -2.07. The fourth-order valence-corrected chi connectivity index (χ4v) is 8.46. The largest absolute Gasteiger partial charge is 0.340 e. The molecular formula is C27H45F2N4O5PS. The Balaban J connectivity index is 2.28. The van der Waals surface area contributed by atoms with Gasteiger partial charge < -0.3 is 10.2 Å². The van der Waals surface area contributed by atoms with Crippen molar-refractivity contribution in [1.82, 2.24) is 20.3 Å². The number of nitrogens with zero attached hydrogens (tertiary/aromatic N) is 1. The minimum absolute atomic E-state index is 0.0762.